The third kappa shape index (κ3) is 3.08. The van der Waals surface area contributed by atoms with Gasteiger partial charge in [0.2, 0.25) is 5.89 Å². The van der Waals surface area contributed by atoms with E-state index < -0.39 is 0 Å². The van der Waals surface area contributed by atoms with E-state index in [0.29, 0.717) is 24.2 Å². The van der Waals surface area contributed by atoms with Crippen LogP contribution in [-0.2, 0) is 11.3 Å². The summed E-state index contributed by atoms with van der Waals surface area (Å²) in [5.41, 5.74) is 5.87. The van der Waals surface area contributed by atoms with Gasteiger partial charge in [0.15, 0.2) is 5.82 Å². The number of nitrogens with two attached hydrogens (primary N) is 1. The number of aromatic nitrogens is 2. The van der Waals surface area contributed by atoms with Crippen LogP contribution in [0.5, 0.6) is 0 Å². The Kier molecular flexibility index (Phi) is 4.03. The molecule has 5 nitrogen and oxygen atoms in total. The fraction of sp³-hybridized carbons (Fsp3) is 0.778. The molecule has 1 aromatic rings. The van der Waals surface area contributed by atoms with E-state index in [1.54, 1.807) is 7.11 Å². The molecule has 14 heavy (non-hydrogen) atoms. The summed E-state index contributed by atoms with van der Waals surface area (Å²) in [4.78, 5) is 4.13. The van der Waals surface area contributed by atoms with Crippen LogP contribution in [0.2, 0.25) is 0 Å². The van der Waals surface area contributed by atoms with Crippen LogP contribution in [0.25, 0.3) is 0 Å². The molecule has 0 saturated heterocycles. The quantitative estimate of drug-likeness (QED) is 0.772. The Morgan fingerprint density at radius 3 is 2.79 bits per heavy atom. The summed E-state index contributed by atoms with van der Waals surface area (Å²) in [6.07, 6.45) is 0.842. The molecule has 0 spiro atoms. The molecule has 0 radical (unpaired) electrons. The van der Waals surface area contributed by atoms with Gasteiger partial charge >= 0.3 is 0 Å². The lowest BCUT2D eigenvalue weighted by atomic mass is 10.0. The summed E-state index contributed by atoms with van der Waals surface area (Å²) in [5, 5.41) is 3.74. The predicted molar refractivity (Wildman–Crippen MR) is 51.4 cm³/mol. The van der Waals surface area contributed by atoms with Crippen LogP contribution in [0.1, 0.15) is 38.0 Å². The lowest BCUT2D eigenvalue weighted by Crippen LogP contribution is -2.13. The van der Waals surface area contributed by atoms with Gasteiger partial charge in [-0.2, -0.15) is 4.98 Å². The summed E-state index contributed by atoms with van der Waals surface area (Å²) in [6.45, 7) is 4.57. The molecule has 5 heteroatoms. The zero-order chi connectivity index (χ0) is 10.6. The Morgan fingerprint density at radius 2 is 2.21 bits per heavy atom. The molecule has 1 heterocycles. The predicted octanol–water partition coefficient (Wildman–Crippen LogP) is 1.26. The average Bonchev–Trinajstić information content (AvgIpc) is 2.52. The van der Waals surface area contributed by atoms with Crippen molar-refractivity contribution in [3.63, 3.8) is 0 Å². The van der Waals surface area contributed by atoms with Gasteiger partial charge in [-0.1, -0.05) is 19.0 Å². The largest absolute Gasteiger partial charge is 0.377 e. The Bertz CT molecular complexity index is 273. The van der Waals surface area contributed by atoms with E-state index in [1.165, 1.54) is 0 Å². The molecule has 0 aliphatic rings. The maximum atomic E-state index is 5.87. The van der Waals surface area contributed by atoms with Gasteiger partial charge in [-0.3, -0.25) is 0 Å². The normalized spacial score (nSPS) is 13.5. The summed E-state index contributed by atoms with van der Waals surface area (Å²) < 4.78 is 9.89. The second kappa shape index (κ2) is 5.07. The molecule has 1 rings (SSSR count). The monoisotopic (exact) mass is 199 g/mol. The van der Waals surface area contributed by atoms with Gasteiger partial charge < -0.3 is 15.0 Å². The highest BCUT2D eigenvalue weighted by atomic mass is 16.5. The number of methoxy groups -OCH3 is 1. The first-order chi connectivity index (χ1) is 6.63. The Labute approximate surface area is 83.6 Å². The molecule has 0 aliphatic heterocycles. The third-order valence-electron chi connectivity index (χ3n) is 1.80. The van der Waals surface area contributed by atoms with Gasteiger partial charge in [0.25, 0.3) is 0 Å². The first kappa shape index (κ1) is 11.1. The maximum absolute atomic E-state index is 5.87. The summed E-state index contributed by atoms with van der Waals surface area (Å²) >= 11 is 0. The number of hydrogen-bond acceptors (Lipinski definition) is 5. The van der Waals surface area contributed by atoms with Crippen molar-refractivity contribution in [3.05, 3.63) is 11.7 Å². The van der Waals surface area contributed by atoms with Crippen LogP contribution in [0.15, 0.2) is 4.52 Å². The van der Waals surface area contributed by atoms with Crippen LogP contribution in [0.3, 0.4) is 0 Å². The molecule has 80 valence electrons. The van der Waals surface area contributed by atoms with E-state index >= 15 is 0 Å². The lowest BCUT2D eigenvalue weighted by Gasteiger charge is -2.08. The smallest absolute Gasteiger partial charge is 0.243 e. The molecule has 1 atom stereocenters. The average molecular weight is 199 g/mol. The Balaban J connectivity index is 2.57. The topological polar surface area (TPSA) is 74.2 Å². The molecule has 0 fully saturated rings. The first-order valence-corrected chi connectivity index (χ1v) is 4.70. The minimum Gasteiger partial charge on any atom is -0.377 e. The van der Waals surface area contributed by atoms with Crippen molar-refractivity contribution < 1.29 is 9.26 Å². The fourth-order valence-electron chi connectivity index (χ4n) is 1.21. The highest BCUT2D eigenvalue weighted by molar-refractivity contribution is 4.90. The number of rotatable bonds is 5. The van der Waals surface area contributed by atoms with Crippen LogP contribution in [0, 0.1) is 5.92 Å². The van der Waals surface area contributed by atoms with Crippen molar-refractivity contribution in [2.24, 2.45) is 11.7 Å². The van der Waals surface area contributed by atoms with Crippen molar-refractivity contribution >= 4 is 0 Å². The zero-order valence-corrected chi connectivity index (χ0v) is 8.86. The summed E-state index contributed by atoms with van der Waals surface area (Å²) in [6, 6.07) is -0.173. The molecule has 0 amide bonds. The maximum Gasteiger partial charge on any atom is 0.243 e. The minimum atomic E-state index is -0.173. The second-order valence-electron chi connectivity index (χ2n) is 3.72. The fourth-order valence-corrected chi connectivity index (χ4v) is 1.21. The second-order valence-corrected chi connectivity index (χ2v) is 3.72. The number of ether oxygens (including phenoxy) is 1. The van der Waals surface area contributed by atoms with E-state index in [0.717, 1.165) is 6.42 Å². The van der Waals surface area contributed by atoms with Gasteiger partial charge in [0.1, 0.15) is 6.61 Å². The first-order valence-electron chi connectivity index (χ1n) is 4.70. The van der Waals surface area contributed by atoms with Crippen molar-refractivity contribution in [3.8, 4) is 0 Å². The molecule has 0 saturated carbocycles. The molecular formula is C9H17N3O2. The lowest BCUT2D eigenvalue weighted by molar-refractivity contribution is 0.174. The van der Waals surface area contributed by atoms with Gasteiger partial charge in [-0.05, 0) is 12.3 Å². The molecular weight excluding hydrogens is 182 g/mol. The Morgan fingerprint density at radius 1 is 1.50 bits per heavy atom. The molecule has 0 aromatic carbocycles. The van der Waals surface area contributed by atoms with E-state index in [4.69, 9.17) is 15.0 Å². The highest BCUT2D eigenvalue weighted by Crippen LogP contribution is 2.16. The van der Waals surface area contributed by atoms with Gasteiger partial charge in [0, 0.05) is 7.11 Å². The molecule has 1 aromatic heterocycles. The molecule has 0 bridgehead atoms. The van der Waals surface area contributed by atoms with E-state index in [2.05, 4.69) is 24.0 Å². The van der Waals surface area contributed by atoms with Crippen LogP contribution in [0.4, 0.5) is 0 Å². The van der Waals surface area contributed by atoms with Gasteiger partial charge in [-0.25, -0.2) is 0 Å². The van der Waals surface area contributed by atoms with E-state index in [1.807, 2.05) is 0 Å². The summed E-state index contributed by atoms with van der Waals surface area (Å²) in [7, 11) is 1.59. The number of hydrogen-bond donors (Lipinski definition) is 1. The SMILES string of the molecule is COCc1noc([C@@H](N)CC(C)C)n1. The standard InChI is InChI=1S/C9H17N3O2/c1-6(2)4-7(10)9-11-8(5-13-3)12-14-9/h6-7H,4-5,10H2,1-3H3/t7-/m0/s1. The zero-order valence-electron chi connectivity index (χ0n) is 8.86. The Hall–Kier alpha value is -0.940. The van der Waals surface area contributed by atoms with Crippen LogP contribution < -0.4 is 5.73 Å². The highest BCUT2D eigenvalue weighted by Gasteiger charge is 2.15. The molecule has 0 aliphatic carbocycles. The number of nitrogens with zero attached hydrogens (tertiary/aromatic N) is 2. The van der Waals surface area contributed by atoms with Crippen LogP contribution >= 0.6 is 0 Å². The van der Waals surface area contributed by atoms with Crippen LogP contribution in [-0.4, -0.2) is 17.3 Å². The van der Waals surface area contributed by atoms with Gasteiger partial charge in [0.05, 0.1) is 6.04 Å². The van der Waals surface area contributed by atoms with E-state index in [9.17, 15) is 0 Å². The minimum absolute atomic E-state index is 0.173. The van der Waals surface area contributed by atoms with Crippen molar-refractivity contribution in [2.75, 3.05) is 7.11 Å². The molecule has 0 unspecified atom stereocenters. The van der Waals surface area contributed by atoms with Crippen molar-refractivity contribution in [2.45, 2.75) is 32.9 Å². The molecule has 2 N–H and O–H groups in total. The summed E-state index contributed by atoms with van der Waals surface area (Å²) in [5.74, 6) is 1.55. The van der Waals surface area contributed by atoms with E-state index in [-0.39, 0.29) is 6.04 Å². The van der Waals surface area contributed by atoms with Gasteiger partial charge in [-0.15, -0.1) is 0 Å². The van der Waals surface area contributed by atoms with Crippen molar-refractivity contribution in [1.29, 1.82) is 0 Å². The van der Waals surface area contributed by atoms with Crippen molar-refractivity contribution in [1.82, 2.24) is 10.1 Å². The third-order valence-corrected chi connectivity index (χ3v) is 1.80.